The molecule has 0 aliphatic heterocycles. The number of hydrogen-bond donors (Lipinski definition) is 1. The van der Waals surface area contributed by atoms with E-state index in [-0.39, 0.29) is 28.8 Å². The van der Waals surface area contributed by atoms with Crippen molar-refractivity contribution >= 4 is 50.7 Å². The standard InChI is InChI=1S/C29H33Cl2N3O5S/c1-4-17-32-29(36)25(5-2)33(19-21-15-16-23(30)24(31)18-21)28(35)20-34(26-13-9-10-14-27(26)39-3)40(37,38)22-11-7-6-8-12-22/h6-16,18,25H,4-5,17,19-20H2,1-3H3,(H,32,36). The molecule has 0 aromatic heterocycles. The Morgan fingerprint density at radius 3 is 2.25 bits per heavy atom. The molecule has 0 aliphatic carbocycles. The van der Waals surface area contributed by atoms with E-state index in [0.29, 0.717) is 28.6 Å². The number of hydrogen-bond acceptors (Lipinski definition) is 5. The zero-order chi connectivity index (χ0) is 29.3. The molecule has 2 amide bonds. The number of carbonyl (C=O) groups is 2. The van der Waals surface area contributed by atoms with Gasteiger partial charge in [-0.1, -0.05) is 73.4 Å². The second-order valence-corrected chi connectivity index (χ2v) is 11.7. The number of nitrogens with zero attached hydrogens (tertiary/aromatic N) is 2. The van der Waals surface area contributed by atoms with Gasteiger partial charge >= 0.3 is 0 Å². The molecular formula is C29H33Cl2N3O5S. The molecule has 3 aromatic rings. The molecule has 214 valence electrons. The second-order valence-electron chi connectivity index (χ2n) is 8.98. The average molecular weight is 607 g/mol. The van der Waals surface area contributed by atoms with Crippen LogP contribution in [0.5, 0.6) is 5.75 Å². The Bertz CT molecular complexity index is 1420. The van der Waals surface area contributed by atoms with Gasteiger partial charge in [0.2, 0.25) is 11.8 Å². The first kappa shape index (κ1) is 31.3. The van der Waals surface area contributed by atoms with E-state index >= 15 is 0 Å². The number of rotatable bonds is 13. The zero-order valence-corrected chi connectivity index (χ0v) is 25.0. The highest BCUT2D eigenvalue weighted by atomic mass is 35.5. The van der Waals surface area contributed by atoms with Crippen molar-refractivity contribution in [3.05, 3.63) is 88.4 Å². The average Bonchev–Trinajstić information content (AvgIpc) is 2.96. The molecule has 8 nitrogen and oxygen atoms in total. The predicted molar refractivity (Wildman–Crippen MR) is 158 cm³/mol. The quantitative estimate of drug-likeness (QED) is 0.276. The van der Waals surface area contributed by atoms with E-state index < -0.39 is 28.5 Å². The number of sulfonamides is 1. The van der Waals surface area contributed by atoms with Crippen LogP contribution < -0.4 is 14.4 Å². The van der Waals surface area contributed by atoms with Gasteiger partial charge in [0.25, 0.3) is 10.0 Å². The van der Waals surface area contributed by atoms with Crippen LogP contribution in [0, 0.1) is 0 Å². The smallest absolute Gasteiger partial charge is 0.264 e. The summed E-state index contributed by atoms with van der Waals surface area (Å²) in [5.74, 6) is -0.624. The van der Waals surface area contributed by atoms with Gasteiger partial charge in [-0.05, 0) is 54.8 Å². The van der Waals surface area contributed by atoms with E-state index in [4.69, 9.17) is 27.9 Å². The van der Waals surface area contributed by atoms with Gasteiger partial charge in [-0.25, -0.2) is 8.42 Å². The number of halogens is 2. The molecule has 0 spiro atoms. The molecule has 3 aromatic carbocycles. The number of amides is 2. The van der Waals surface area contributed by atoms with Crippen molar-refractivity contribution in [1.82, 2.24) is 10.2 Å². The Morgan fingerprint density at radius 2 is 1.62 bits per heavy atom. The van der Waals surface area contributed by atoms with Crippen molar-refractivity contribution in [2.45, 2.75) is 44.2 Å². The number of nitrogens with one attached hydrogen (secondary N) is 1. The summed E-state index contributed by atoms with van der Waals surface area (Å²) in [7, 11) is -2.77. The summed E-state index contributed by atoms with van der Waals surface area (Å²) in [5.41, 5.74) is 0.833. The highest BCUT2D eigenvalue weighted by Gasteiger charge is 2.34. The Labute approximate surface area is 245 Å². The summed E-state index contributed by atoms with van der Waals surface area (Å²) in [6.07, 6.45) is 1.03. The molecule has 1 unspecified atom stereocenters. The SMILES string of the molecule is CCCNC(=O)C(CC)N(Cc1ccc(Cl)c(Cl)c1)C(=O)CN(c1ccccc1OC)S(=O)(=O)c1ccccc1. The van der Waals surface area contributed by atoms with Crippen LogP contribution in [0.25, 0.3) is 0 Å². The Morgan fingerprint density at radius 1 is 0.950 bits per heavy atom. The van der Waals surface area contributed by atoms with Crippen LogP contribution >= 0.6 is 23.2 Å². The number of carbonyl (C=O) groups excluding carboxylic acids is 2. The third kappa shape index (κ3) is 7.47. The maximum Gasteiger partial charge on any atom is 0.264 e. The molecule has 3 rings (SSSR count). The normalized spacial score (nSPS) is 11.9. The molecule has 0 saturated heterocycles. The highest BCUT2D eigenvalue weighted by Crippen LogP contribution is 2.32. The van der Waals surface area contributed by atoms with Crippen LogP contribution in [0.1, 0.15) is 32.3 Å². The third-order valence-electron chi connectivity index (χ3n) is 6.24. The summed E-state index contributed by atoms with van der Waals surface area (Å²) < 4.78 is 34.3. The Kier molecular flexibility index (Phi) is 11.2. The molecule has 1 N–H and O–H groups in total. The molecule has 0 bridgehead atoms. The van der Waals surface area contributed by atoms with E-state index in [1.54, 1.807) is 67.6 Å². The molecule has 40 heavy (non-hydrogen) atoms. The first-order chi connectivity index (χ1) is 19.1. The maximum atomic E-state index is 14.1. The van der Waals surface area contributed by atoms with Crippen LogP contribution in [0.4, 0.5) is 5.69 Å². The summed E-state index contributed by atoms with van der Waals surface area (Å²) in [6, 6.07) is 18.5. The molecule has 0 saturated carbocycles. The van der Waals surface area contributed by atoms with E-state index in [1.807, 2.05) is 6.92 Å². The second kappa shape index (κ2) is 14.4. The number of anilines is 1. The minimum atomic E-state index is -4.20. The van der Waals surface area contributed by atoms with E-state index in [2.05, 4.69) is 5.32 Å². The van der Waals surface area contributed by atoms with Crippen molar-refractivity contribution in [3.63, 3.8) is 0 Å². The van der Waals surface area contributed by atoms with Crippen molar-refractivity contribution in [2.24, 2.45) is 0 Å². The fraction of sp³-hybridized carbons (Fsp3) is 0.310. The fourth-order valence-electron chi connectivity index (χ4n) is 4.19. The fourth-order valence-corrected chi connectivity index (χ4v) is 5.96. The van der Waals surface area contributed by atoms with Crippen molar-refractivity contribution < 1.29 is 22.7 Å². The van der Waals surface area contributed by atoms with Gasteiger partial charge in [0.05, 0.1) is 27.7 Å². The van der Waals surface area contributed by atoms with E-state index in [0.717, 1.165) is 10.7 Å². The van der Waals surface area contributed by atoms with Gasteiger partial charge in [0.1, 0.15) is 18.3 Å². The van der Waals surface area contributed by atoms with Crippen LogP contribution in [-0.2, 0) is 26.2 Å². The third-order valence-corrected chi connectivity index (χ3v) is 8.75. The number of ether oxygens (including phenoxy) is 1. The monoisotopic (exact) mass is 605 g/mol. The Balaban J connectivity index is 2.09. The first-order valence-corrected chi connectivity index (χ1v) is 15.1. The molecule has 0 radical (unpaired) electrons. The first-order valence-electron chi connectivity index (χ1n) is 12.9. The Hall–Kier alpha value is -3.27. The summed E-state index contributed by atoms with van der Waals surface area (Å²) in [5, 5.41) is 3.51. The van der Waals surface area contributed by atoms with Gasteiger partial charge in [-0.2, -0.15) is 0 Å². The lowest BCUT2D eigenvalue weighted by Gasteiger charge is -2.33. The number of methoxy groups -OCH3 is 1. The van der Waals surface area contributed by atoms with E-state index in [9.17, 15) is 18.0 Å². The molecule has 11 heteroatoms. The van der Waals surface area contributed by atoms with E-state index in [1.165, 1.54) is 24.1 Å². The maximum absolute atomic E-state index is 14.1. The van der Waals surface area contributed by atoms with Crippen molar-refractivity contribution in [1.29, 1.82) is 0 Å². The highest BCUT2D eigenvalue weighted by molar-refractivity contribution is 7.92. The van der Waals surface area contributed by atoms with Crippen LogP contribution in [0.2, 0.25) is 10.0 Å². The lowest BCUT2D eigenvalue weighted by Crippen LogP contribution is -2.52. The summed E-state index contributed by atoms with van der Waals surface area (Å²) in [4.78, 5) is 28.6. The predicted octanol–water partition coefficient (Wildman–Crippen LogP) is 5.53. The van der Waals surface area contributed by atoms with Gasteiger partial charge in [0.15, 0.2) is 0 Å². The van der Waals surface area contributed by atoms with Gasteiger partial charge in [-0.15, -0.1) is 0 Å². The zero-order valence-electron chi connectivity index (χ0n) is 22.6. The molecule has 0 heterocycles. The number of benzene rings is 3. The van der Waals surface area contributed by atoms with Gasteiger partial charge in [0, 0.05) is 13.1 Å². The minimum Gasteiger partial charge on any atom is -0.495 e. The van der Waals surface area contributed by atoms with Crippen molar-refractivity contribution in [3.8, 4) is 5.75 Å². The topological polar surface area (TPSA) is 96.0 Å². The summed E-state index contributed by atoms with van der Waals surface area (Å²) in [6.45, 7) is 3.61. The summed E-state index contributed by atoms with van der Waals surface area (Å²) >= 11 is 12.3. The number of para-hydroxylation sites is 2. The molecular weight excluding hydrogens is 573 g/mol. The largest absolute Gasteiger partial charge is 0.495 e. The van der Waals surface area contributed by atoms with Crippen LogP contribution in [-0.4, -0.2) is 51.4 Å². The van der Waals surface area contributed by atoms with Crippen LogP contribution in [0.15, 0.2) is 77.7 Å². The molecule has 0 aliphatic rings. The lowest BCUT2D eigenvalue weighted by atomic mass is 10.1. The van der Waals surface area contributed by atoms with Gasteiger partial charge < -0.3 is 15.0 Å². The van der Waals surface area contributed by atoms with Gasteiger partial charge in [-0.3, -0.25) is 13.9 Å². The minimum absolute atomic E-state index is 0.0115. The lowest BCUT2D eigenvalue weighted by molar-refractivity contribution is -0.140. The van der Waals surface area contributed by atoms with Crippen molar-refractivity contribution in [2.75, 3.05) is 24.5 Å². The van der Waals surface area contributed by atoms with Crippen LogP contribution in [0.3, 0.4) is 0 Å². The molecule has 1 atom stereocenters. The molecule has 0 fully saturated rings.